The van der Waals surface area contributed by atoms with Crippen LogP contribution in [0.25, 0.3) is 0 Å². The minimum atomic E-state index is -1.14. The highest BCUT2D eigenvalue weighted by Gasteiger charge is 2.43. The van der Waals surface area contributed by atoms with Gasteiger partial charge in [-0.25, -0.2) is 9.78 Å². The Kier molecular flexibility index (Phi) is 3.36. The predicted octanol–water partition coefficient (Wildman–Crippen LogP) is 1.36. The van der Waals surface area contributed by atoms with Crippen molar-refractivity contribution in [3.05, 3.63) is 17.8 Å². The third-order valence-electron chi connectivity index (χ3n) is 3.40. The summed E-state index contributed by atoms with van der Waals surface area (Å²) in [6.45, 7) is 1.85. The number of aromatic nitrogens is 1. The monoisotopic (exact) mass is 252 g/mol. The number of oxazole rings is 1. The van der Waals surface area contributed by atoms with Crippen molar-refractivity contribution in [2.45, 2.75) is 44.6 Å². The Bertz CT molecular complexity index is 460. The van der Waals surface area contributed by atoms with Crippen LogP contribution in [0, 0.1) is 0 Å². The van der Waals surface area contributed by atoms with Crippen LogP contribution in [0.4, 0.5) is 0 Å². The first-order chi connectivity index (χ1) is 8.59. The summed E-state index contributed by atoms with van der Waals surface area (Å²) in [4.78, 5) is 27.2. The maximum Gasteiger partial charge on any atom is 0.329 e. The summed E-state index contributed by atoms with van der Waals surface area (Å²) in [7, 11) is 0. The minimum Gasteiger partial charge on any atom is -0.480 e. The lowest BCUT2D eigenvalue weighted by atomic mass is 9.97. The van der Waals surface area contributed by atoms with Gasteiger partial charge in [0.25, 0.3) is 5.91 Å². The van der Waals surface area contributed by atoms with Gasteiger partial charge in [0.1, 0.15) is 11.3 Å². The van der Waals surface area contributed by atoms with Crippen molar-refractivity contribution in [3.63, 3.8) is 0 Å². The highest BCUT2D eigenvalue weighted by molar-refractivity contribution is 5.97. The van der Waals surface area contributed by atoms with Gasteiger partial charge in [0.05, 0.1) is 0 Å². The molecule has 6 nitrogen and oxygen atoms in total. The number of carboxylic acids is 1. The Morgan fingerprint density at radius 3 is 2.72 bits per heavy atom. The zero-order valence-electron chi connectivity index (χ0n) is 10.2. The lowest BCUT2D eigenvalue weighted by Crippen LogP contribution is -2.52. The van der Waals surface area contributed by atoms with Crippen molar-refractivity contribution < 1.29 is 19.1 Å². The third-order valence-corrected chi connectivity index (χ3v) is 3.40. The Morgan fingerprint density at radius 2 is 2.17 bits per heavy atom. The Morgan fingerprint density at radius 1 is 1.50 bits per heavy atom. The molecule has 1 aliphatic carbocycles. The van der Waals surface area contributed by atoms with E-state index in [9.17, 15) is 14.7 Å². The molecule has 2 N–H and O–H groups in total. The lowest BCUT2D eigenvalue weighted by Gasteiger charge is -2.24. The highest BCUT2D eigenvalue weighted by atomic mass is 16.4. The average Bonchev–Trinajstić information content (AvgIpc) is 2.97. The van der Waals surface area contributed by atoms with Crippen molar-refractivity contribution in [1.29, 1.82) is 0 Å². The number of amides is 1. The fraction of sp³-hybridized carbons (Fsp3) is 0.583. The van der Waals surface area contributed by atoms with Gasteiger partial charge < -0.3 is 14.8 Å². The maximum atomic E-state index is 12.1. The van der Waals surface area contributed by atoms with Gasteiger partial charge >= 0.3 is 5.97 Å². The molecule has 98 valence electrons. The highest BCUT2D eigenvalue weighted by Crippen LogP contribution is 2.30. The largest absolute Gasteiger partial charge is 0.480 e. The maximum absolute atomic E-state index is 12.1. The third kappa shape index (κ3) is 2.10. The number of hydrogen-bond donors (Lipinski definition) is 2. The minimum absolute atomic E-state index is 0.185. The molecule has 0 radical (unpaired) electrons. The number of nitrogens with zero attached hydrogens (tertiary/aromatic N) is 1. The fourth-order valence-corrected chi connectivity index (χ4v) is 2.35. The fourth-order valence-electron chi connectivity index (χ4n) is 2.35. The molecule has 2 rings (SSSR count). The summed E-state index contributed by atoms with van der Waals surface area (Å²) in [6, 6.07) is 0. The molecule has 0 aromatic carbocycles. The summed E-state index contributed by atoms with van der Waals surface area (Å²) in [5.74, 6) is -0.967. The number of carbonyl (C=O) groups excluding carboxylic acids is 1. The van der Waals surface area contributed by atoms with Gasteiger partial charge in [-0.2, -0.15) is 0 Å². The van der Waals surface area contributed by atoms with Crippen molar-refractivity contribution in [2.24, 2.45) is 0 Å². The zero-order chi connectivity index (χ0) is 13.2. The second-order valence-electron chi connectivity index (χ2n) is 4.53. The molecule has 1 aromatic rings. The first kappa shape index (κ1) is 12.6. The summed E-state index contributed by atoms with van der Waals surface area (Å²) >= 11 is 0. The number of carbonyl (C=O) groups is 2. The van der Waals surface area contributed by atoms with Crippen LogP contribution in [-0.4, -0.2) is 27.5 Å². The van der Waals surface area contributed by atoms with Gasteiger partial charge in [0.2, 0.25) is 0 Å². The molecule has 0 atom stereocenters. The van der Waals surface area contributed by atoms with Crippen molar-refractivity contribution in [3.8, 4) is 0 Å². The van der Waals surface area contributed by atoms with Crippen LogP contribution in [0.1, 0.15) is 48.9 Å². The van der Waals surface area contributed by atoms with E-state index in [4.69, 9.17) is 4.42 Å². The van der Waals surface area contributed by atoms with E-state index in [1.807, 2.05) is 6.92 Å². The molecule has 1 fully saturated rings. The summed E-state index contributed by atoms with van der Waals surface area (Å²) in [6.07, 6.45) is 4.30. The molecular weight excluding hydrogens is 236 g/mol. The van der Waals surface area contributed by atoms with Crippen LogP contribution in [0.15, 0.2) is 10.8 Å². The number of aliphatic carboxylic acids is 1. The topological polar surface area (TPSA) is 92.4 Å². The van der Waals surface area contributed by atoms with Gasteiger partial charge in [0.15, 0.2) is 12.1 Å². The van der Waals surface area contributed by atoms with Crippen molar-refractivity contribution in [2.75, 3.05) is 0 Å². The smallest absolute Gasteiger partial charge is 0.329 e. The number of rotatable bonds is 4. The van der Waals surface area contributed by atoms with Gasteiger partial charge in [-0.05, 0) is 12.8 Å². The molecule has 6 heteroatoms. The summed E-state index contributed by atoms with van der Waals surface area (Å²) in [5, 5.41) is 11.9. The Hall–Kier alpha value is -1.85. The van der Waals surface area contributed by atoms with E-state index in [2.05, 4.69) is 10.3 Å². The van der Waals surface area contributed by atoms with Gasteiger partial charge in [-0.15, -0.1) is 0 Å². The van der Waals surface area contributed by atoms with Crippen LogP contribution >= 0.6 is 0 Å². The number of carboxylic acid groups (broad SMARTS) is 1. The molecule has 1 heterocycles. The Balaban J connectivity index is 2.18. The lowest BCUT2D eigenvalue weighted by molar-refractivity contribution is -0.144. The van der Waals surface area contributed by atoms with Crippen molar-refractivity contribution in [1.82, 2.24) is 10.3 Å². The van der Waals surface area contributed by atoms with Gasteiger partial charge in [-0.1, -0.05) is 19.8 Å². The zero-order valence-corrected chi connectivity index (χ0v) is 10.2. The molecular formula is C12H16N2O4. The van der Waals surface area contributed by atoms with Crippen molar-refractivity contribution >= 4 is 11.9 Å². The van der Waals surface area contributed by atoms with Gasteiger partial charge in [-0.3, -0.25) is 4.79 Å². The quantitative estimate of drug-likeness (QED) is 0.844. The van der Waals surface area contributed by atoms with E-state index in [1.165, 1.54) is 6.39 Å². The van der Waals surface area contributed by atoms with Gasteiger partial charge in [0, 0.05) is 6.42 Å². The van der Waals surface area contributed by atoms with E-state index < -0.39 is 17.4 Å². The van der Waals surface area contributed by atoms with E-state index in [-0.39, 0.29) is 5.69 Å². The molecule has 0 saturated heterocycles. The molecule has 0 spiro atoms. The predicted molar refractivity (Wildman–Crippen MR) is 62.2 cm³/mol. The second-order valence-corrected chi connectivity index (χ2v) is 4.53. The molecule has 0 aliphatic heterocycles. The van der Waals surface area contributed by atoms with E-state index in [0.29, 0.717) is 25.0 Å². The van der Waals surface area contributed by atoms with E-state index in [0.717, 1.165) is 12.8 Å². The summed E-state index contributed by atoms with van der Waals surface area (Å²) in [5.41, 5.74) is -0.953. The van der Waals surface area contributed by atoms with E-state index in [1.54, 1.807) is 0 Å². The van der Waals surface area contributed by atoms with Crippen LogP contribution in [0.2, 0.25) is 0 Å². The Labute approximate surface area is 104 Å². The molecule has 0 unspecified atom stereocenters. The normalized spacial score (nSPS) is 17.6. The summed E-state index contributed by atoms with van der Waals surface area (Å²) < 4.78 is 5.07. The van der Waals surface area contributed by atoms with Crippen LogP contribution in [0.3, 0.4) is 0 Å². The molecule has 18 heavy (non-hydrogen) atoms. The van der Waals surface area contributed by atoms with Crippen LogP contribution < -0.4 is 5.32 Å². The first-order valence-corrected chi connectivity index (χ1v) is 6.07. The molecule has 1 aliphatic rings. The SMILES string of the molecule is CCc1ocnc1C(=O)NC1(C(=O)O)CCCC1. The second kappa shape index (κ2) is 4.80. The molecule has 1 aromatic heterocycles. The first-order valence-electron chi connectivity index (χ1n) is 6.07. The number of aryl methyl sites for hydroxylation is 1. The molecule has 1 saturated carbocycles. The van der Waals surface area contributed by atoms with E-state index >= 15 is 0 Å². The molecule has 1 amide bonds. The average molecular weight is 252 g/mol. The number of hydrogen-bond acceptors (Lipinski definition) is 4. The van der Waals surface area contributed by atoms with Crippen LogP contribution in [-0.2, 0) is 11.2 Å². The number of nitrogens with one attached hydrogen (secondary N) is 1. The molecule has 0 bridgehead atoms. The standard InChI is InChI=1S/C12H16N2O4/c1-2-8-9(13-7-18-8)10(15)14-12(11(16)17)5-3-4-6-12/h7H,2-6H2,1H3,(H,14,15)(H,16,17). The van der Waals surface area contributed by atoms with Crippen LogP contribution in [0.5, 0.6) is 0 Å².